The SMILES string of the molecule is O=C(O)CCCC=CCC1C(=O)CC(O)[C@@H]1C=CC(O)COc1ccccc1. The number of aliphatic carboxylic acids is 1. The zero-order valence-corrected chi connectivity index (χ0v) is 15.8. The first-order valence-electron chi connectivity index (χ1n) is 9.59. The molecule has 0 spiro atoms. The number of Topliss-reactive ketones (excluding diaryl/α,β-unsaturated/α-hetero) is 1. The number of carboxylic acid groups (broad SMARTS) is 1. The summed E-state index contributed by atoms with van der Waals surface area (Å²) in [7, 11) is 0. The summed E-state index contributed by atoms with van der Waals surface area (Å²) in [4.78, 5) is 22.7. The van der Waals surface area contributed by atoms with Gasteiger partial charge in [0.05, 0.1) is 6.10 Å². The largest absolute Gasteiger partial charge is 0.491 e. The van der Waals surface area contributed by atoms with E-state index in [0.717, 1.165) is 0 Å². The van der Waals surface area contributed by atoms with Crippen LogP contribution < -0.4 is 4.74 Å². The number of aliphatic hydroxyl groups excluding tert-OH is 2. The van der Waals surface area contributed by atoms with E-state index in [1.807, 2.05) is 30.4 Å². The average molecular weight is 388 g/mol. The minimum Gasteiger partial charge on any atom is -0.491 e. The van der Waals surface area contributed by atoms with Crippen LogP contribution in [0.2, 0.25) is 0 Å². The summed E-state index contributed by atoms with van der Waals surface area (Å²) in [5.74, 6) is -0.821. The molecule has 3 unspecified atom stereocenters. The van der Waals surface area contributed by atoms with E-state index in [0.29, 0.717) is 25.0 Å². The van der Waals surface area contributed by atoms with Gasteiger partial charge in [0.1, 0.15) is 24.2 Å². The van der Waals surface area contributed by atoms with Crippen LogP contribution >= 0.6 is 0 Å². The lowest BCUT2D eigenvalue weighted by Gasteiger charge is -2.17. The summed E-state index contributed by atoms with van der Waals surface area (Å²) in [6.45, 7) is 0.0887. The maximum absolute atomic E-state index is 12.2. The standard InChI is InChI=1S/C22H28O6/c23-16(15-28-17-8-4-3-5-9-17)12-13-19-18(20(24)14-21(19)25)10-6-1-2-7-11-22(26)27/h1,3-6,8-9,12-13,16,18-19,21,23,25H,2,7,10-11,14-15H2,(H,26,27)/t16?,18?,19-,21?/m1/s1. The number of aliphatic hydroxyl groups is 2. The number of carbonyl (C=O) groups is 2. The van der Waals surface area contributed by atoms with Gasteiger partial charge < -0.3 is 20.1 Å². The van der Waals surface area contributed by atoms with Gasteiger partial charge in [0.25, 0.3) is 0 Å². The summed E-state index contributed by atoms with van der Waals surface area (Å²) >= 11 is 0. The summed E-state index contributed by atoms with van der Waals surface area (Å²) < 4.78 is 5.49. The Kier molecular flexibility index (Phi) is 8.91. The van der Waals surface area contributed by atoms with Crippen molar-refractivity contribution in [3.05, 3.63) is 54.6 Å². The Balaban J connectivity index is 1.82. The van der Waals surface area contributed by atoms with Crippen LogP contribution in [0.3, 0.4) is 0 Å². The lowest BCUT2D eigenvalue weighted by atomic mass is 9.90. The van der Waals surface area contributed by atoms with Gasteiger partial charge in [-0.1, -0.05) is 42.5 Å². The van der Waals surface area contributed by atoms with E-state index in [1.54, 1.807) is 24.3 Å². The highest BCUT2D eigenvalue weighted by Crippen LogP contribution is 2.33. The molecule has 1 saturated carbocycles. The van der Waals surface area contributed by atoms with E-state index in [1.165, 1.54) is 0 Å². The van der Waals surface area contributed by atoms with Crippen LogP contribution in [0.15, 0.2) is 54.6 Å². The number of unbranched alkanes of at least 4 members (excludes halogenated alkanes) is 1. The maximum atomic E-state index is 12.2. The summed E-state index contributed by atoms with van der Waals surface area (Å²) in [5.41, 5.74) is 0. The number of ketones is 1. The van der Waals surface area contributed by atoms with Gasteiger partial charge >= 0.3 is 5.97 Å². The van der Waals surface area contributed by atoms with E-state index >= 15 is 0 Å². The zero-order valence-electron chi connectivity index (χ0n) is 15.8. The number of ether oxygens (including phenoxy) is 1. The fraction of sp³-hybridized carbons (Fsp3) is 0.455. The fourth-order valence-electron chi connectivity index (χ4n) is 3.27. The number of hydrogen-bond acceptors (Lipinski definition) is 5. The first kappa shape index (κ1) is 21.9. The van der Waals surface area contributed by atoms with Crippen LogP contribution in [0, 0.1) is 11.8 Å². The third-order valence-corrected chi connectivity index (χ3v) is 4.77. The highest BCUT2D eigenvalue weighted by Gasteiger charge is 2.39. The molecule has 2 rings (SSSR count). The van der Waals surface area contributed by atoms with Crippen molar-refractivity contribution in [3.63, 3.8) is 0 Å². The molecule has 0 aliphatic heterocycles. The molecule has 0 radical (unpaired) electrons. The summed E-state index contributed by atoms with van der Waals surface area (Å²) in [5, 5.41) is 28.9. The summed E-state index contributed by atoms with van der Waals surface area (Å²) in [6, 6.07) is 9.17. The van der Waals surface area contributed by atoms with Crippen LogP contribution in [0.5, 0.6) is 5.75 Å². The Morgan fingerprint density at radius 3 is 2.71 bits per heavy atom. The summed E-state index contributed by atoms with van der Waals surface area (Å²) in [6.07, 6.45) is 7.37. The van der Waals surface area contributed by atoms with Crippen LogP contribution in [0.25, 0.3) is 0 Å². The van der Waals surface area contributed by atoms with Gasteiger partial charge in [-0.05, 0) is 31.4 Å². The molecule has 1 aromatic carbocycles. The lowest BCUT2D eigenvalue weighted by molar-refractivity contribution is -0.137. The Bertz CT molecular complexity index is 682. The molecule has 0 heterocycles. The first-order valence-corrected chi connectivity index (χ1v) is 9.59. The van der Waals surface area contributed by atoms with Crippen LogP contribution in [-0.2, 0) is 9.59 Å². The van der Waals surface area contributed by atoms with E-state index in [-0.39, 0.29) is 37.1 Å². The molecular formula is C22H28O6. The molecule has 1 fully saturated rings. The molecule has 1 aromatic rings. The van der Waals surface area contributed by atoms with E-state index in [2.05, 4.69) is 0 Å². The third-order valence-electron chi connectivity index (χ3n) is 4.77. The Labute approximate surface area is 165 Å². The molecule has 0 saturated heterocycles. The van der Waals surface area contributed by atoms with Crippen molar-refractivity contribution in [1.29, 1.82) is 0 Å². The molecule has 1 aliphatic rings. The number of benzene rings is 1. The first-order chi connectivity index (χ1) is 13.5. The van der Waals surface area contributed by atoms with Gasteiger partial charge in [0.15, 0.2) is 0 Å². The predicted octanol–water partition coefficient (Wildman–Crippen LogP) is 2.75. The van der Waals surface area contributed by atoms with Crippen molar-refractivity contribution in [3.8, 4) is 5.75 Å². The number of carboxylic acids is 1. The van der Waals surface area contributed by atoms with Gasteiger partial charge in [-0.25, -0.2) is 0 Å². The molecule has 6 heteroatoms. The van der Waals surface area contributed by atoms with E-state index in [9.17, 15) is 19.8 Å². The maximum Gasteiger partial charge on any atom is 0.303 e. The number of carbonyl (C=O) groups excluding carboxylic acids is 1. The molecular weight excluding hydrogens is 360 g/mol. The van der Waals surface area contributed by atoms with Gasteiger partial charge in [-0.15, -0.1) is 0 Å². The average Bonchev–Trinajstić information content (AvgIpc) is 2.94. The van der Waals surface area contributed by atoms with Crippen LogP contribution in [0.1, 0.15) is 32.1 Å². The number of hydrogen-bond donors (Lipinski definition) is 3. The highest BCUT2D eigenvalue weighted by molar-refractivity contribution is 5.84. The van der Waals surface area contributed by atoms with E-state index < -0.39 is 18.2 Å². The fourth-order valence-corrected chi connectivity index (χ4v) is 3.27. The zero-order chi connectivity index (χ0) is 20.4. The second-order valence-corrected chi connectivity index (χ2v) is 6.99. The normalized spacial score (nSPS) is 23.5. The molecule has 152 valence electrons. The minimum absolute atomic E-state index is 0.00682. The molecule has 0 bridgehead atoms. The minimum atomic E-state index is -0.838. The van der Waals surface area contributed by atoms with Crippen molar-refractivity contribution in [2.45, 2.75) is 44.3 Å². The quantitative estimate of drug-likeness (QED) is 0.398. The molecule has 3 N–H and O–H groups in total. The van der Waals surface area contributed by atoms with E-state index in [4.69, 9.17) is 9.84 Å². The molecule has 4 atom stereocenters. The number of rotatable bonds is 11. The number of para-hydroxylation sites is 1. The second kappa shape index (κ2) is 11.4. The smallest absolute Gasteiger partial charge is 0.303 e. The van der Waals surface area contributed by atoms with Crippen LogP contribution in [0.4, 0.5) is 0 Å². The van der Waals surface area contributed by atoms with Gasteiger partial charge in [-0.2, -0.15) is 0 Å². The highest BCUT2D eigenvalue weighted by atomic mass is 16.5. The number of allylic oxidation sites excluding steroid dienone is 2. The molecule has 1 aliphatic carbocycles. The predicted molar refractivity (Wildman–Crippen MR) is 105 cm³/mol. The molecule has 6 nitrogen and oxygen atoms in total. The third kappa shape index (κ3) is 7.29. The molecule has 0 aromatic heterocycles. The van der Waals surface area contributed by atoms with Crippen molar-refractivity contribution < 1.29 is 29.6 Å². The van der Waals surface area contributed by atoms with Gasteiger partial charge in [0.2, 0.25) is 0 Å². The Morgan fingerprint density at radius 2 is 2.00 bits per heavy atom. The second-order valence-electron chi connectivity index (χ2n) is 6.99. The molecule has 28 heavy (non-hydrogen) atoms. The van der Waals surface area contributed by atoms with Crippen molar-refractivity contribution in [2.75, 3.05) is 6.61 Å². The Hall–Kier alpha value is -2.44. The Morgan fingerprint density at radius 1 is 1.25 bits per heavy atom. The molecule has 0 amide bonds. The monoisotopic (exact) mass is 388 g/mol. The van der Waals surface area contributed by atoms with Crippen LogP contribution in [-0.4, -0.2) is 45.9 Å². The van der Waals surface area contributed by atoms with Crippen molar-refractivity contribution >= 4 is 11.8 Å². The topological polar surface area (TPSA) is 104 Å². The van der Waals surface area contributed by atoms with Crippen molar-refractivity contribution in [2.24, 2.45) is 11.8 Å². The van der Waals surface area contributed by atoms with Gasteiger partial charge in [-0.3, -0.25) is 9.59 Å². The van der Waals surface area contributed by atoms with Gasteiger partial charge in [0, 0.05) is 24.7 Å². The lowest BCUT2D eigenvalue weighted by Crippen LogP contribution is -2.20. The van der Waals surface area contributed by atoms with Crippen molar-refractivity contribution in [1.82, 2.24) is 0 Å².